The summed E-state index contributed by atoms with van der Waals surface area (Å²) in [7, 11) is 0. The highest BCUT2D eigenvalue weighted by Gasteiger charge is 2.38. The zero-order valence-electron chi connectivity index (χ0n) is 22.2. The minimum Gasteiger partial charge on any atom is -0.372 e. The second-order valence-corrected chi connectivity index (χ2v) is 9.41. The fourth-order valence-electron chi connectivity index (χ4n) is 2.64. The van der Waals surface area contributed by atoms with Crippen LogP contribution in [0, 0.1) is 22.7 Å². The number of alkyl halides is 3. The highest BCUT2D eigenvalue weighted by molar-refractivity contribution is 5.79. The number of ether oxygens (including phenoxy) is 1. The summed E-state index contributed by atoms with van der Waals surface area (Å²) in [6.45, 7) is 22.1. The Morgan fingerprint density at radius 2 is 1.71 bits per heavy atom. The first-order valence-corrected chi connectivity index (χ1v) is 11.2. The maximum atomic E-state index is 12.2. The smallest absolute Gasteiger partial charge is 0.372 e. The Morgan fingerprint density at radius 3 is 1.94 bits per heavy atom. The molecular formula is C23H43F3N4O4. The number of nitrogens with two attached hydrogens (primary N) is 1. The average Bonchev–Trinajstić information content (AvgIpc) is 2.95. The highest BCUT2D eigenvalue weighted by atomic mass is 19.4. The Balaban J connectivity index is -0.000000496. The molecule has 1 aliphatic rings. The van der Waals surface area contributed by atoms with Crippen molar-refractivity contribution < 1.29 is 32.3 Å². The van der Waals surface area contributed by atoms with Crippen LogP contribution in [-0.4, -0.2) is 60.1 Å². The minimum absolute atomic E-state index is 0.0171. The minimum atomic E-state index is -4.86. The van der Waals surface area contributed by atoms with E-state index in [-0.39, 0.29) is 29.1 Å². The second-order valence-electron chi connectivity index (χ2n) is 9.41. The molecule has 0 radical (unpaired) electrons. The number of carbonyl (C=O) groups is 3. The predicted octanol–water partition coefficient (Wildman–Crippen LogP) is 3.79. The first kappa shape index (κ1) is 36.2. The molecule has 1 rings (SSSR count). The van der Waals surface area contributed by atoms with E-state index >= 15 is 0 Å². The fourth-order valence-corrected chi connectivity index (χ4v) is 2.64. The topological polar surface area (TPSA) is 126 Å². The Morgan fingerprint density at radius 1 is 1.26 bits per heavy atom. The van der Waals surface area contributed by atoms with Gasteiger partial charge in [0.05, 0.1) is 24.2 Å². The van der Waals surface area contributed by atoms with E-state index in [0.29, 0.717) is 18.7 Å². The van der Waals surface area contributed by atoms with Crippen molar-refractivity contribution in [2.45, 2.75) is 99.6 Å². The van der Waals surface area contributed by atoms with Gasteiger partial charge in [-0.3, -0.25) is 14.4 Å². The summed E-state index contributed by atoms with van der Waals surface area (Å²) in [4.78, 5) is 32.8. The molecule has 3 atom stereocenters. The van der Waals surface area contributed by atoms with Gasteiger partial charge in [-0.1, -0.05) is 34.6 Å². The van der Waals surface area contributed by atoms with E-state index in [0.717, 1.165) is 13.1 Å². The van der Waals surface area contributed by atoms with Crippen LogP contribution in [0.2, 0.25) is 0 Å². The summed E-state index contributed by atoms with van der Waals surface area (Å²) in [6.07, 6.45) is -3.88. The van der Waals surface area contributed by atoms with Gasteiger partial charge in [0.25, 0.3) is 0 Å². The molecule has 0 spiro atoms. The van der Waals surface area contributed by atoms with Crippen LogP contribution in [0.15, 0.2) is 0 Å². The summed E-state index contributed by atoms with van der Waals surface area (Å²) >= 11 is 0. The van der Waals surface area contributed by atoms with Crippen molar-refractivity contribution in [2.75, 3.05) is 13.1 Å². The van der Waals surface area contributed by atoms with Gasteiger partial charge >= 0.3 is 12.1 Å². The number of carbonyl (C=O) groups excluding carboxylic acids is 3. The van der Waals surface area contributed by atoms with Gasteiger partial charge in [0, 0.05) is 13.1 Å². The number of rotatable bonds is 5. The van der Waals surface area contributed by atoms with Crippen molar-refractivity contribution in [1.82, 2.24) is 10.2 Å². The van der Waals surface area contributed by atoms with Crippen LogP contribution in [0.3, 0.4) is 0 Å². The van der Waals surface area contributed by atoms with Gasteiger partial charge in [-0.2, -0.15) is 18.4 Å². The van der Waals surface area contributed by atoms with E-state index < -0.39 is 12.1 Å². The average molecular weight is 497 g/mol. The zero-order valence-corrected chi connectivity index (χ0v) is 22.2. The Bertz CT molecular complexity index is 656. The molecule has 0 aliphatic carbocycles. The molecule has 0 bridgehead atoms. The molecule has 1 unspecified atom stereocenters. The molecule has 34 heavy (non-hydrogen) atoms. The van der Waals surface area contributed by atoms with Crippen molar-refractivity contribution in [1.29, 1.82) is 5.26 Å². The molecule has 1 saturated heterocycles. The predicted molar refractivity (Wildman–Crippen MR) is 125 cm³/mol. The monoisotopic (exact) mass is 496 g/mol. The summed E-state index contributed by atoms with van der Waals surface area (Å²) in [5.74, 6) is -1.46. The molecule has 1 heterocycles. The lowest BCUT2D eigenvalue weighted by Crippen LogP contribution is -2.35. The normalized spacial score (nSPS) is 18.2. The van der Waals surface area contributed by atoms with Gasteiger partial charge in [-0.15, -0.1) is 0 Å². The van der Waals surface area contributed by atoms with Crippen LogP contribution in [0.5, 0.6) is 0 Å². The van der Waals surface area contributed by atoms with Crippen LogP contribution in [0.1, 0.15) is 75.7 Å². The number of nitrogens with zero attached hydrogens (tertiary/aromatic N) is 2. The summed E-state index contributed by atoms with van der Waals surface area (Å²) in [5.41, 5.74) is 3.86. The molecule has 1 aliphatic heterocycles. The molecule has 200 valence electrons. The van der Waals surface area contributed by atoms with Crippen LogP contribution in [0.4, 0.5) is 13.2 Å². The van der Waals surface area contributed by atoms with E-state index in [1.165, 1.54) is 0 Å². The van der Waals surface area contributed by atoms with Crippen LogP contribution < -0.4 is 11.1 Å². The number of hydrogen-bond acceptors (Lipinski definition) is 5. The lowest BCUT2D eigenvalue weighted by Gasteiger charge is -2.26. The van der Waals surface area contributed by atoms with E-state index in [2.05, 4.69) is 31.8 Å². The van der Waals surface area contributed by atoms with E-state index in [1.54, 1.807) is 6.92 Å². The zero-order chi connectivity index (χ0) is 27.9. The molecule has 3 amide bonds. The molecule has 1 fully saturated rings. The molecule has 0 aromatic carbocycles. The van der Waals surface area contributed by atoms with Crippen LogP contribution in [0.25, 0.3) is 0 Å². The first-order chi connectivity index (χ1) is 15.3. The molecule has 0 aromatic heterocycles. The first-order valence-electron chi connectivity index (χ1n) is 11.2. The molecule has 8 nitrogen and oxygen atoms in total. The number of primary amides is 1. The van der Waals surface area contributed by atoms with Crippen molar-refractivity contribution in [2.24, 2.45) is 17.1 Å². The SMILES string of the molecule is CC.CC(C#N)NC=O.C[C@H](CC(=O)N1C[C@H](C)C(C)(C)C1)OC(C)(C)C.NC(=O)C(F)(F)F. The lowest BCUT2D eigenvalue weighted by atomic mass is 9.84. The van der Waals surface area contributed by atoms with Gasteiger partial charge in [0.2, 0.25) is 12.3 Å². The van der Waals surface area contributed by atoms with Gasteiger partial charge in [-0.05, 0) is 46.0 Å². The van der Waals surface area contributed by atoms with Crippen LogP contribution in [-0.2, 0) is 19.1 Å². The third-order valence-corrected chi connectivity index (χ3v) is 4.59. The van der Waals surface area contributed by atoms with E-state index in [4.69, 9.17) is 14.8 Å². The fraction of sp³-hybridized carbons (Fsp3) is 0.826. The molecular weight excluding hydrogens is 453 g/mol. The summed E-state index contributed by atoms with van der Waals surface area (Å²) in [5, 5.41) is 10.2. The number of likely N-dealkylation sites (tertiary alicyclic amines) is 1. The Labute approximate surface area is 202 Å². The van der Waals surface area contributed by atoms with Crippen molar-refractivity contribution in [3.05, 3.63) is 0 Å². The number of nitriles is 1. The number of halogens is 3. The third-order valence-electron chi connectivity index (χ3n) is 4.59. The number of nitrogens with one attached hydrogen (secondary N) is 1. The quantitative estimate of drug-likeness (QED) is 0.560. The van der Waals surface area contributed by atoms with Gasteiger partial charge < -0.3 is 20.7 Å². The molecule has 11 heteroatoms. The molecule has 0 aromatic rings. The van der Waals surface area contributed by atoms with Crippen molar-refractivity contribution in [3.8, 4) is 6.07 Å². The Kier molecular flexibility index (Phi) is 17.4. The maximum absolute atomic E-state index is 12.2. The maximum Gasteiger partial charge on any atom is 0.470 e. The lowest BCUT2D eigenvalue weighted by molar-refractivity contribution is -0.169. The standard InChI is InChI=1S/C15H29NO2.C4H6N2O.C2H2F3NO.C2H6/c1-11-9-16(10-15(11,6)7)13(17)8-12(2)18-14(3,4)5;1-4(2-5)6-3-7;3-2(4,5)1(6)7;1-2/h11-12H,8-10H2,1-7H3;3-4H,1H3,(H,6,7);(H2,6,7);1-2H3/t11-,12+;;;/m0.../s1. The van der Waals surface area contributed by atoms with E-state index in [1.807, 2.05) is 52.5 Å². The van der Waals surface area contributed by atoms with Gasteiger partial charge in [0.1, 0.15) is 6.04 Å². The van der Waals surface area contributed by atoms with Gasteiger partial charge in [-0.25, -0.2) is 0 Å². The highest BCUT2D eigenvalue weighted by Crippen LogP contribution is 2.35. The molecule has 0 saturated carbocycles. The van der Waals surface area contributed by atoms with Crippen LogP contribution >= 0.6 is 0 Å². The molecule has 3 N–H and O–H groups in total. The number of hydrogen-bond donors (Lipinski definition) is 2. The summed E-state index contributed by atoms with van der Waals surface area (Å²) < 4.78 is 37.9. The summed E-state index contributed by atoms with van der Waals surface area (Å²) in [6, 6.07) is 1.46. The Hall–Kier alpha value is -2.35. The van der Waals surface area contributed by atoms with E-state index in [9.17, 15) is 22.8 Å². The second kappa shape index (κ2) is 16.3. The largest absolute Gasteiger partial charge is 0.470 e. The van der Waals surface area contributed by atoms with Gasteiger partial charge in [0.15, 0.2) is 0 Å². The number of amides is 3. The van der Waals surface area contributed by atoms with Crippen molar-refractivity contribution in [3.63, 3.8) is 0 Å². The van der Waals surface area contributed by atoms with Crippen molar-refractivity contribution >= 4 is 18.2 Å². The third kappa shape index (κ3) is 18.1.